The molecule has 0 radical (unpaired) electrons. The molecular formula is C33H30FIN2O7S. The number of hydrogen-bond acceptors (Lipinski definition) is 9. The molecular weight excluding hydrogens is 714 g/mol. The summed E-state index contributed by atoms with van der Waals surface area (Å²) in [4.78, 5) is 31.7. The van der Waals surface area contributed by atoms with Crippen LogP contribution >= 0.6 is 33.9 Å². The molecule has 45 heavy (non-hydrogen) atoms. The summed E-state index contributed by atoms with van der Waals surface area (Å²) in [5, 5.41) is 0. The number of hydrogen-bond donors (Lipinski definition) is 0. The number of nitrogens with zero attached hydrogens (tertiary/aromatic N) is 2. The van der Waals surface area contributed by atoms with Crippen LogP contribution in [0, 0.1) is 9.39 Å². The number of benzene rings is 3. The van der Waals surface area contributed by atoms with E-state index in [2.05, 4.69) is 27.6 Å². The second kappa shape index (κ2) is 14.3. The number of ether oxygens (including phenoxy) is 5. The van der Waals surface area contributed by atoms with E-state index in [4.69, 9.17) is 23.7 Å². The molecule has 0 spiro atoms. The summed E-state index contributed by atoms with van der Waals surface area (Å²) < 4.78 is 44.5. The topological polar surface area (TPSA) is 97.6 Å². The SMILES string of the molecule is CCOc1ccc([C@H]2C(C(=O)OC)=CN=c3s/c(=C\c4cc(I)c(OCc5cccc(F)c5)c(OC)c4)c(=O)n32)cc1OCC. The molecule has 0 fully saturated rings. The van der Waals surface area contributed by atoms with E-state index in [0.29, 0.717) is 62.2 Å². The normalized spacial score (nSPS) is 14.2. The van der Waals surface area contributed by atoms with E-state index in [1.165, 1.54) is 48.5 Å². The Morgan fingerprint density at radius 1 is 1.02 bits per heavy atom. The number of rotatable bonds is 11. The van der Waals surface area contributed by atoms with Crippen LogP contribution < -0.4 is 33.8 Å². The Bertz CT molecular complexity index is 1950. The van der Waals surface area contributed by atoms with Gasteiger partial charge in [-0.1, -0.05) is 29.5 Å². The van der Waals surface area contributed by atoms with Crippen molar-refractivity contribution in [2.24, 2.45) is 4.99 Å². The van der Waals surface area contributed by atoms with Gasteiger partial charge in [-0.15, -0.1) is 0 Å². The molecule has 1 aromatic heterocycles. The van der Waals surface area contributed by atoms with Gasteiger partial charge in [0.15, 0.2) is 27.8 Å². The molecule has 9 nitrogen and oxygen atoms in total. The summed E-state index contributed by atoms with van der Waals surface area (Å²) in [6.45, 7) is 4.75. The first-order chi connectivity index (χ1) is 21.8. The molecule has 3 aromatic carbocycles. The third-order valence-electron chi connectivity index (χ3n) is 6.83. The lowest BCUT2D eigenvalue weighted by molar-refractivity contribution is -0.136. The highest BCUT2D eigenvalue weighted by Gasteiger charge is 2.31. The van der Waals surface area contributed by atoms with Crippen LogP contribution in [-0.4, -0.2) is 38.0 Å². The summed E-state index contributed by atoms with van der Waals surface area (Å²) in [5.41, 5.74) is 1.89. The zero-order valence-corrected chi connectivity index (χ0v) is 27.9. The number of carbonyl (C=O) groups is 1. The van der Waals surface area contributed by atoms with Gasteiger partial charge in [0.1, 0.15) is 12.4 Å². The minimum atomic E-state index is -0.806. The van der Waals surface area contributed by atoms with E-state index in [9.17, 15) is 14.0 Å². The Morgan fingerprint density at radius 2 is 1.80 bits per heavy atom. The van der Waals surface area contributed by atoms with Crippen LogP contribution in [0.15, 0.2) is 76.2 Å². The molecule has 0 unspecified atom stereocenters. The summed E-state index contributed by atoms with van der Waals surface area (Å²) in [6.07, 6.45) is 3.19. The second-order valence-corrected chi connectivity index (χ2v) is 11.9. The molecule has 0 amide bonds. The third kappa shape index (κ3) is 6.91. The van der Waals surface area contributed by atoms with E-state index in [1.54, 1.807) is 42.5 Å². The smallest absolute Gasteiger partial charge is 0.337 e. The van der Waals surface area contributed by atoms with Crippen LogP contribution in [0.2, 0.25) is 0 Å². The molecule has 12 heteroatoms. The number of esters is 1. The van der Waals surface area contributed by atoms with Crippen LogP contribution in [0.25, 0.3) is 6.08 Å². The molecule has 234 valence electrons. The summed E-state index contributed by atoms with van der Waals surface area (Å²) in [7, 11) is 2.81. The third-order valence-corrected chi connectivity index (χ3v) is 8.63. The van der Waals surface area contributed by atoms with Crippen molar-refractivity contribution in [3.63, 3.8) is 0 Å². The highest BCUT2D eigenvalue weighted by molar-refractivity contribution is 14.1. The van der Waals surface area contributed by atoms with Crippen molar-refractivity contribution in [1.82, 2.24) is 4.57 Å². The summed E-state index contributed by atoms with van der Waals surface area (Å²) >= 11 is 3.34. The van der Waals surface area contributed by atoms with Gasteiger partial charge in [0.25, 0.3) is 5.56 Å². The van der Waals surface area contributed by atoms with Crippen LogP contribution in [0.4, 0.5) is 4.39 Å². The van der Waals surface area contributed by atoms with Crippen LogP contribution in [0.5, 0.6) is 23.0 Å². The van der Waals surface area contributed by atoms with Gasteiger partial charge >= 0.3 is 5.97 Å². The van der Waals surface area contributed by atoms with Crippen molar-refractivity contribution in [1.29, 1.82) is 0 Å². The molecule has 5 rings (SSSR count). The fraction of sp³-hybridized carbons (Fsp3) is 0.242. The second-order valence-electron chi connectivity index (χ2n) is 9.70. The quantitative estimate of drug-likeness (QED) is 0.155. The van der Waals surface area contributed by atoms with E-state index in [1.807, 2.05) is 19.9 Å². The van der Waals surface area contributed by atoms with Crippen molar-refractivity contribution < 1.29 is 32.9 Å². The predicted molar refractivity (Wildman–Crippen MR) is 176 cm³/mol. The zero-order chi connectivity index (χ0) is 32.1. The van der Waals surface area contributed by atoms with Crippen LogP contribution in [0.1, 0.15) is 36.6 Å². The maximum Gasteiger partial charge on any atom is 0.337 e. The monoisotopic (exact) mass is 744 g/mol. The fourth-order valence-corrected chi connectivity index (χ4v) is 6.63. The molecule has 1 aliphatic heterocycles. The highest BCUT2D eigenvalue weighted by atomic mass is 127. The lowest BCUT2D eigenvalue weighted by Crippen LogP contribution is -2.39. The lowest BCUT2D eigenvalue weighted by Gasteiger charge is -2.23. The van der Waals surface area contributed by atoms with Crippen molar-refractivity contribution >= 4 is 46.0 Å². The molecule has 1 aliphatic rings. The average Bonchev–Trinajstić information content (AvgIpc) is 3.35. The van der Waals surface area contributed by atoms with Gasteiger partial charge in [-0.3, -0.25) is 9.36 Å². The first kappa shape index (κ1) is 32.2. The molecule has 1 atom stereocenters. The highest BCUT2D eigenvalue weighted by Crippen LogP contribution is 2.36. The Hall–Kier alpha value is -4.17. The zero-order valence-electron chi connectivity index (χ0n) is 25.0. The number of aromatic nitrogens is 1. The Balaban J connectivity index is 1.56. The molecule has 4 aromatic rings. The van der Waals surface area contributed by atoms with Crippen molar-refractivity contribution in [2.45, 2.75) is 26.5 Å². The van der Waals surface area contributed by atoms with E-state index < -0.39 is 12.0 Å². The minimum absolute atomic E-state index is 0.154. The first-order valence-corrected chi connectivity index (χ1v) is 15.9. The van der Waals surface area contributed by atoms with Gasteiger partial charge < -0.3 is 23.7 Å². The van der Waals surface area contributed by atoms with Crippen molar-refractivity contribution in [2.75, 3.05) is 27.4 Å². The largest absolute Gasteiger partial charge is 0.493 e. The van der Waals surface area contributed by atoms with Crippen LogP contribution in [-0.2, 0) is 16.1 Å². The number of fused-ring (bicyclic) bond motifs is 1. The first-order valence-electron chi connectivity index (χ1n) is 14.0. The van der Waals surface area contributed by atoms with Crippen molar-refractivity contribution in [3.8, 4) is 23.0 Å². The molecule has 0 bridgehead atoms. The Morgan fingerprint density at radius 3 is 2.51 bits per heavy atom. The maximum absolute atomic E-state index is 14.0. The lowest BCUT2D eigenvalue weighted by atomic mass is 9.97. The standard InChI is InChI=1S/C33H30FIN2O7S/c1-5-42-25-11-10-21(16-26(25)43-6-2)29-23(32(39)41-4)17-36-33-37(29)31(38)28(45-33)15-20-13-24(35)30(27(14-20)40-3)44-18-19-8-7-9-22(34)12-19/h7-17,29H,5-6,18H2,1-4H3/b28-15-/t29-/m0/s1. The molecule has 0 N–H and O–H groups in total. The van der Waals surface area contributed by atoms with Gasteiger partial charge in [0.05, 0.1) is 47.2 Å². The number of methoxy groups -OCH3 is 2. The number of thiazole rings is 1. The fourth-order valence-electron chi connectivity index (χ4n) is 4.88. The van der Waals surface area contributed by atoms with E-state index in [-0.39, 0.29) is 23.6 Å². The molecule has 0 saturated heterocycles. The van der Waals surface area contributed by atoms with Crippen molar-refractivity contribution in [3.05, 3.63) is 112 Å². The number of carbonyl (C=O) groups excluding carboxylic acids is 1. The molecule has 0 aliphatic carbocycles. The van der Waals surface area contributed by atoms with Gasteiger partial charge in [-0.05, 0) is 95.6 Å². The van der Waals surface area contributed by atoms with Gasteiger partial charge in [0, 0.05) is 6.20 Å². The van der Waals surface area contributed by atoms with Gasteiger partial charge in [-0.2, -0.15) is 0 Å². The summed E-state index contributed by atoms with van der Waals surface area (Å²) in [5.74, 6) is 1.09. The van der Waals surface area contributed by atoms with E-state index in [0.717, 1.165) is 3.57 Å². The Labute approximate surface area is 276 Å². The Kier molecular flexibility index (Phi) is 10.2. The predicted octanol–water partition coefficient (Wildman–Crippen LogP) is 5.15. The van der Waals surface area contributed by atoms with E-state index >= 15 is 0 Å². The minimum Gasteiger partial charge on any atom is -0.493 e. The van der Waals surface area contributed by atoms with Crippen LogP contribution in [0.3, 0.4) is 0 Å². The summed E-state index contributed by atoms with van der Waals surface area (Å²) in [6, 6.07) is 14.3. The van der Waals surface area contributed by atoms with Gasteiger partial charge in [-0.25, -0.2) is 14.2 Å². The molecule has 2 heterocycles. The average molecular weight is 745 g/mol. The maximum atomic E-state index is 14.0. The molecule has 0 saturated carbocycles. The van der Waals surface area contributed by atoms with Gasteiger partial charge in [0.2, 0.25) is 0 Å². The number of halogens is 2.